The fourth-order valence-corrected chi connectivity index (χ4v) is 1.98. The van der Waals surface area contributed by atoms with Crippen molar-refractivity contribution in [3.63, 3.8) is 0 Å². The Balaban J connectivity index is 2.28. The van der Waals surface area contributed by atoms with Gasteiger partial charge >= 0.3 is 5.97 Å². The first-order valence-corrected chi connectivity index (χ1v) is 5.60. The van der Waals surface area contributed by atoms with E-state index in [1.165, 1.54) is 0 Å². The number of aromatic nitrogens is 1. The first kappa shape index (κ1) is 11.0. The van der Waals surface area contributed by atoms with E-state index in [9.17, 15) is 4.79 Å². The van der Waals surface area contributed by atoms with E-state index < -0.39 is 5.97 Å². The summed E-state index contributed by atoms with van der Waals surface area (Å²) in [6, 6.07) is 8.02. The molecule has 82 valence electrons. The molecule has 1 aromatic heterocycles. The minimum absolute atomic E-state index is 0.567. The number of allylic oxidation sites excluding steroid dienone is 1. The maximum absolute atomic E-state index is 10.3. The molecule has 0 spiro atoms. The molecule has 0 aliphatic heterocycles. The maximum atomic E-state index is 10.3. The molecule has 16 heavy (non-hydrogen) atoms. The van der Waals surface area contributed by atoms with Crippen LogP contribution in [0.4, 0.5) is 0 Å². The van der Waals surface area contributed by atoms with Crippen LogP contribution in [0.15, 0.2) is 47.1 Å². The summed E-state index contributed by atoms with van der Waals surface area (Å²) >= 11 is 3.41. The predicted octanol–water partition coefficient (Wildman–Crippen LogP) is 3.04. The van der Waals surface area contributed by atoms with Gasteiger partial charge in [-0.05, 0) is 24.3 Å². The van der Waals surface area contributed by atoms with Crippen molar-refractivity contribution in [3.05, 3.63) is 47.1 Å². The average molecular weight is 280 g/mol. The number of fused-ring (bicyclic) bond motifs is 1. The van der Waals surface area contributed by atoms with Gasteiger partial charge in [0, 0.05) is 34.2 Å². The Bertz CT molecular complexity index is 557. The summed E-state index contributed by atoms with van der Waals surface area (Å²) in [6.45, 7) is 0.567. The van der Waals surface area contributed by atoms with Crippen molar-refractivity contribution >= 4 is 32.8 Å². The van der Waals surface area contributed by atoms with Gasteiger partial charge in [0.05, 0.1) is 0 Å². The number of rotatable bonds is 3. The summed E-state index contributed by atoms with van der Waals surface area (Å²) in [5.41, 5.74) is 1.10. The monoisotopic (exact) mass is 279 g/mol. The number of halogens is 1. The van der Waals surface area contributed by atoms with Crippen molar-refractivity contribution in [2.24, 2.45) is 0 Å². The van der Waals surface area contributed by atoms with Gasteiger partial charge in [0.25, 0.3) is 0 Å². The number of hydrogen-bond donors (Lipinski definition) is 1. The highest BCUT2D eigenvalue weighted by Gasteiger charge is 1.99. The van der Waals surface area contributed by atoms with Gasteiger partial charge in [0.2, 0.25) is 0 Å². The summed E-state index contributed by atoms with van der Waals surface area (Å²) in [7, 11) is 0. The van der Waals surface area contributed by atoms with E-state index in [1.807, 2.05) is 35.0 Å². The van der Waals surface area contributed by atoms with Crippen LogP contribution >= 0.6 is 15.9 Å². The summed E-state index contributed by atoms with van der Waals surface area (Å²) in [4.78, 5) is 10.3. The van der Waals surface area contributed by atoms with Crippen LogP contribution in [0, 0.1) is 0 Å². The van der Waals surface area contributed by atoms with Crippen molar-refractivity contribution in [2.75, 3.05) is 0 Å². The summed E-state index contributed by atoms with van der Waals surface area (Å²) in [5.74, 6) is -0.917. The molecule has 0 saturated heterocycles. The molecule has 4 heteroatoms. The Morgan fingerprint density at radius 2 is 2.25 bits per heavy atom. The van der Waals surface area contributed by atoms with Crippen LogP contribution in [-0.4, -0.2) is 15.6 Å². The molecule has 0 amide bonds. The second-order valence-electron chi connectivity index (χ2n) is 3.41. The molecular weight excluding hydrogens is 270 g/mol. The Morgan fingerprint density at radius 3 is 3.00 bits per heavy atom. The van der Waals surface area contributed by atoms with E-state index in [-0.39, 0.29) is 0 Å². The Kier molecular flexibility index (Phi) is 3.10. The minimum atomic E-state index is -0.917. The topological polar surface area (TPSA) is 42.2 Å². The second-order valence-corrected chi connectivity index (χ2v) is 4.33. The molecule has 0 unspecified atom stereocenters. The molecule has 1 aromatic carbocycles. The molecule has 0 saturated carbocycles. The summed E-state index contributed by atoms with van der Waals surface area (Å²) < 4.78 is 3.04. The number of aliphatic carboxylic acids is 1. The molecule has 0 aliphatic carbocycles. The lowest BCUT2D eigenvalue weighted by atomic mass is 10.2. The molecule has 2 aromatic rings. The van der Waals surface area contributed by atoms with Gasteiger partial charge in [-0.25, -0.2) is 4.79 Å². The number of hydrogen-bond acceptors (Lipinski definition) is 1. The van der Waals surface area contributed by atoms with E-state index >= 15 is 0 Å². The van der Waals surface area contributed by atoms with Crippen molar-refractivity contribution in [1.82, 2.24) is 4.57 Å². The Morgan fingerprint density at radius 1 is 1.44 bits per heavy atom. The van der Waals surface area contributed by atoms with E-state index in [2.05, 4.69) is 15.9 Å². The van der Waals surface area contributed by atoms with Gasteiger partial charge in [-0.2, -0.15) is 0 Å². The standard InChI is InChI=1S/C12H10BrNO2/c13-10-3-4-11-9(8-10)5-7-14(11)6-1-2-12(15)16/h1-5,7-8H,6H2,(H,15,16). The van der Waals surface area contributed by atoms with E-state index in [1.54, 1.807) is 6.08 Å². The molecule has 0 bridgehead atoms. The number of carbonyl (C=O) groups is 1. The quantitative estimate of drug-likeness (QED) is 0.878. The highest BCUT2D eigenvalue weighted by molar-refractivity contribution is 9.10. The molecular formula is C12H10BrNO2. The lowest BCUT2D eigenvalue weighted by molar-refractivity contribution is -0.131. The van der Waals surface area contributed by atoms with Gasteiger partial charge < -0.3 is 9.67 Å². The average Bonchev–Trinajstić information content (AvgIpc) is 2.60. The molecule has 1 N–H and O–H groups in total. The fraction of sp³-hybridized carbons (Fsp3) is 0.0833. The molecule has 0 radical (unpaired) electrons. The first-order chi connectivity index (χ1) is 7.66. The van der Waals surface area contributed by atoms with Crippen molar-refractivity contribution in [2.45, 2.75) is 6.54 Å². The molecule has 2 rings (SSSR count). The van der Waals surface area contributed by atoms with Crippen LogP contribution < -0.4 is 0 Å². The third kappa shape index (κ3) is 2.33. The molecule has 1 heterocycles. The van der Waals surface area contributed by atoms with Crippen molar-refractivity contribution in [3.8, 4) is 0 Å². The SMILES string of the molecule is O=C(O)C=CCn1ccc2cc(Br)ccc21. The third-order valence-corrected chi connectivity index (χ3v) is 2.79. The van der Waals surface area contributed by atoms with Gasteiger partial charge in [-0.15, -0.1) is 0 Å². The number of carboxylic acid groups (broad SMARTS) is 1. The highest BCUT2D eigenvalue weighted by Crippen LogP contribution is 2.20. The molecule has 0 aliphatic rings. The number of nitrogens with zero attached hydrogens (tertiary/aromatic N) is 1. The second kappa shape index (κ2) is 4.53. The van der Waals surface area contributed by atoms with Crippen LogP contribution in [0.2, 0.25) is 0 Å². The Labute approximate surface area is 101 Å². The van der Waals surface area contributed by atoms with Crippen LogP contribution in [-0.2, 0) is 11.3 Å². The summed E-state index contributed by atoms with van der Waals surface area (Å²) in [6.07, 6.45) is 4.73. The zero-order valence-corrected chi connectivity index (χ0v) is 10.0. The van der Waals surface area contributed by atoms with Gasteiger partial charge in [-0.3, -0.25) is 0 Å². The third-order valence-electron chi connectivity index (χ3n) is 2.30. The van der Waals surface area contributed by atoms with E-state index in [0.717, 1.165) is 21.5 Å². The lowest BCUT2D eigenvalue weighted by Crippen LogP contribution is -1.94. The zero-order chi connectivity index (χ0) is 11.5. The predicted molar refractivity (Wildman–Crippen MR) is 66.4 cm³/mol. The van der Waals surface area contributed by atoms with Gasteiger partial charge in [0.15, 0.2) is 0 Å². The van der Waals surface area contributed by atoms with Crippen LogP contribution in [0.5, 0.6) is 0 Å². The Hall–Kier alpha value is -1.55. The number of carboxylic acids is 1. The molecule has 3 nitrogen and oxygen atoms in total. The highest BCUT2D eigenvalue weighted by atomic mass is 79.9. The van der Waals surface area contributed by atoms with Crippen molar-refractivity contribution in [1.29, 1.82) is 0 Å². The number of benzene rings is 1. The van der Waals surface area contributed by atoms with E-state index in [4.69, 9.17) is 5.11 Å². The zero-order valence-electron chi connectivity index (χ0n) is 8.43. The fourth-order valence-electron chi connectivity index (χ4n) is 1.60. The van der Waals surface area contributed by atoms with Crippen LogP contribution in [0.3, 0.4) is 0 Å². The minimum Gasteiger partial charge on any atom is -0.478 e. The van der Waals surface area contributed by atoms with Crippen LogP contribution in [0.1, 0.15) is 0 Å². The largest absolute Gasteiger partial charge is 0.478 e. The van der Waals surface area contributed by atoms with Crippen LogP contribution in [0.25, 0.3) is 10.9 Å². The maximum Gasteiger partial charge on any atom is 0.328 e. The normalized spacial score (nSPS) is 11.3. The van der Waals surface area contributed by atoms with Crippen molar-refractivity contribution < 1.29 is 9.90 Å². The van der Waals surface area contributed by atoms with Gasteiger partial charge in [0.1, 0.15) is 0 Å². The first-order valence-electron chi connectivity index (χ1n) is 4.81. The molecule has 0 atom stereocenters. The van der Waals surface area contributed by atoms with E-state index in [0.29, 0.717) is 6.54 Å². The summed E-state index contributed by atoms with van der Waals surface area (Å²) in [5, 5.41) is 9.63. The smallest absolute Gasteiger partial charge is 0.328 e. The van der Waals surface area contributed by atoms with Gasteiger partial charge in [-0.1, -0.05) is 22.0 Å². The molecule has 0 fully saturated rings. The lowest BCUT2D eigenvalue weighted by Gasteiger charge is -2.00.